The van der Waals surface area contributed by atoms with Crippen LogP contribution in [-0.2, 0) is 6.42 Å². The number of aromatic carboxylic acids is 1. The monoisotopic (exact) mass is 216 g/mol. The summed E-state index contributed by atoms with van der Waals surface area (Å²) in [6, 6.07) is 1.41. The van der Waals surface area contributed by atoms with E-state index in [0.717, 1.165) is 0 Å². The van der Waals surface area contributed by atoms with Gasteiger partial charge in [0.2, 0.25) is 0 Å². The molecule has 3 nitrogen and oxygen atoms in total. The molecule has 0 atom stereocenters. The van der Waals surface area contributed by atoms with E-state index >= 15 is 0 Å². The number of carboxylic acid groups (broad SMARTS) is 1. The molecule has 1 aromatic rings. The molecule has 2 rings (SSSR count). The van der Waals surface area contributed by atoms with Gasteiger partial charge in [0.1, 0.15) is 11.3 Å². The van der Waals surface area contributed by atoms with Gasteiger partial charge in [0, 0.05) is 12.0 Å². The summed E-state index contributed by atoms with van der Waals surface area (Å²) in [5.41, 5.74) is 0.179. The molecule has 1 aliphatic heterocycles. The van der Waals surface area contributed by atoms with Crippen molar-refractivity contribution >= 4 is 17.6 Å². The van der Waals surface area contributed by atoms with Crippen LogP contribution in [0, 0.1) is 5.82 Å². The molecule has 0 bridgehead atoms. The van der Waals surface area contributed by atoms with E-state index in [2.05, 4.69) is 0 Å². The van der Waals surface area contributed by atoms with E-state index in [1.54, 1.807) is 0 Å². The molecule has 0 saturated carbocycles. The normalized spacial score (nSPS) is 13.6. The predicted octanol–water partition coefficient (Wildman–Crippen LogP) is 2.11. The fourth-order valence-corrected chi connectivity index (χ4v) is 1.69. The van der Waals surface area contributed by atoms with E-state index in [-0.39, 0.29) is 10.8 Å². The SMILES string of the molecule is O=C(O)c1c(F)c(Cl)cc2c1OCC2. The molecule has 1 N–H and O–H groups in total. The summed E-state index contributed by atoms with van der Waals surface area (Å²) >= 11 is 5.55. The van der Waals surface area contributed by atoms with Crippen molar-refractivity contribution in [3.63, 3.8) is 0 Å². The number of benzene rings is 1. The molecule has 74 valence electrons. The van der Waals surface area contributed by atoms with Crippen molar-refractivity contribution in [1.82, 2.24) is 0 Å². The van der Waals surface area contributed by atoms with Gasteiger partial charge in [-0.05, 0) is 6.07 Å². The van der Waals surface area contributed by atoms with Gasteiger partial charge in [-0.1, -0.05) is 11.6 Å². The summed E-state index contributed by atoms with van der Waals surface area (Å²) < 4.78 is 18.4. The van der Waals surface area contributed by atoms with Crippen LogP contribution in [0.3, 0.4) is 0 Å². The lowest BCUT2D eigenvalue weighted by Gasteiger charge is -2.06. The van der Waals surface area contributed by atoms with E-state index in [1.807, 2.05) is 0 Å². The van der Waals surface area contributed by atoms with E-state index in [1.165, 1.54) is 6.07 Å². The zero-order valence-corrected chi connectivity index (χ0v) is 7.77. The third-order valence-corrected chi connectivity index (χ3v) is 2.36. The van der Waals surface area contributed by atoms with Gasteiger partial charge >= 0.3 is 5.97 Å². The zero-order valence-electron chi connectivity index (χ0n) is 7.01. The first-order valence-electron chi connectivity index (χ1n) is 3.98. The smallest absolute Gasteiger partial charge is 0.342 e. The standard InChI is InChI=1S/C9H6ClFO3/c10-5-3-4-1-2-14-8(4)6(7(5)11)9(12)13/h3H,1-2H2,(H,12,13). The number of carboxylic acids is 1. The maximum absolute atomic E-state index is 13.3. The molecule has 0 aromatic heterocycles. The van der Waals surface area contributed by atoms with Crippen molar-refractivity contribution < 1.29 is 19.0 Å². The first-order chi connectivity index (χ1) is 6.61. The van der Waals surface area contributed by atoms with E-state index in [0.29, 0.717) is 18.6 Å². The third-order valence-electron chi connectivity index (χ3n) is 2.08. The van der Waals surface area contributed by atoms with Gasteiger partial charge in [-0.25, -0.2) is 9.18 Å². The number of rotatable bonds is 1. The lowest BCUT2D eigenvalue weighted by Crippen LogP contribution is -2.04. The van der Waals surface area contributed by atoms with Crippen molar-refractivity contribution in [2.24, 2.45) is 0 Å². The second kappa shape index (κ2) is 3.13. The van der Waals surface area contributed by atoms with Gasteiger partial charge in [0.05, 0.1) is 11.6 Å². The topological polar surface area (TPSA) is 46.5 Å². The van der Waals surface area contributed by atoms with Crippen LogP contribution in [0.15, 0.2) is 6.07 Å². The molecule has 0 unspecified atom stereocenters. The number of hydrogen-bond donors (Lipinski definition) is 1. The summed E-state index contributed by atoms with van der Waals surface area (Å²) in [7, 11) is 0. The Morgan fingerprint density at radius 1 is 1.64 bits per heavy atom. The van der Waals surface area contributed by atoms with Crippen LogP contribution >= 0.6 is 11.6 Å². The molecule has 0 aliphatic carbocycles. The molecular weight excluding hydrogens is 211 g/mol. The van der Waals surface area contributed by atoms with Crippen molar-refractivity contribution in [2.45, 2.75) is 6.42 Å². The highest BCUT2D eigenvalue weighted by Gasteiger charge is 2.26. The lowest BCUT2D eigenvalue weighted by molar-refractivity contribution is 0.0688. The number of carbonyl (C=O) groups is 1. The Hall–Kier alpha value is -1.29. The summed E-state index contributed by atoms with van der Waals surface area (Å²) in [6.45, 7) is 0.370. The van der Waals surface area contributed by atoms with Gasteiger partial charge in [-0.3, -0.25) is 0 Å². The van der Waals surface area contributed by atoms with Gasteiger partial charge < -0.3 is 9.84 Å². The summed E-state index contributed by atoms with van der Waals surface area (Å²) in [4.78, 5) is 10.8. The summed E-state index contributed by atoms with van der Waals surface area (Å²) in [5.74, 6) is -2.18. The first-order valence-corrected chi connectivity index (χ1v) is 4.36. The maximum Gasteiger partial charge on any atom is 0.342 e. The van der Waals surface area contributed by atoms with Crippen LogP contribution in [0.5, 0.6) is 5.75 Å². The number of fused-ring (bicyclic) bond motifs is 1. The minimum atomic E-state index is -1.36. The molecule has 0 spiro atoms. The Morgan fingerprint density at radius 2 is 2.36 bits per heavy atom. The minimum absolute atomic E-state index is 0.111. The van der Waals surface area contributed by atoms with E-state index in [9.17, 15) is 9.18 Å². The molecule has 1 heterocycles. The lowest BCUT2D eigenvalue weighted by atomic mass is 10.1. The van der Waals surface area contributed by atoms with Crippen LogP contribution in [0.4, 0.5) is 4.39 Å². The average molecular weight is 217 g/mol. The summed E-state index contributed by atoms with van der Waals surface area (Å²) in [5, 5.41) is 8.60. The molecule has 1 aromatic carbocycles. The van der Waals surface area contributed by atoms with Gasteiger partial charge in [0.25, 0.3) is 0 Å². The van der Waals surface area contributed by atoms with E-state index < -0.39 is 17.3 Å². The van der Waals surface area contributed by atoms with Crippen LogP contribution in [0.2, 0.25) is 5.02 Å². The number of halogens is 2. The first kappa shape index (κ1) is 9.27. The molecule has 0 fully saturated rings. The Balaban J connectivity index is 2.72. The molecular formula is C9H6ClFO3. The maximum atomic E-state index is 13.3. The number of ether oxygens (including phenoxy) is 1. The van der Waals surface area contributed by atoms with E-state index in [4.69, 9.17) is 21.4 Å². The van der Waals surface area contributed by atoms with Crippen LogP contribution in [0.25, 0.3) is 0 Å². The van der Waals surface area contributed by atoms with Crippen molar-refractivity contribution in [2.75, 3.05) is 6.61 Å². The second-order valence-corrected chi connectivity index (χ2v) is 3.35. The van der Waals surface area contributed by atoms with Crippen LogP contribution < -0.4 is 4.74 Å². The summed E-state index contributed by atoms with van der Waals surface area (Å²) in [6.07, 6.45) is 0.565. The zero-order chi connectivity index (χ0) is 10.3. The highest BCUT2D eigenvalue weighted by molar-refractivity contribution is 6.31. The predicted molar refractivity (Wildman–Crippen MR) is 47.6 cm³/mol. The molecule has 0 saturated heterocycles. The van der Waals surface area contributed by atoms with Crippen molar-refractivity contribution in [3.8, 4) is 5.75 Å². The fourth-order valence-electron chi connectivity index (χ4n) is 1.47. The van der Waals surface area contributed by atoms with Crippen LogP contribution in [0.1, 0.15) is 15.9 Å². The third kappa shape index (κ3) is 1.23. The van der Waals surface area contributed by atoms with Crippen molar-refractivity contribution in [3.05, 3.63) is 28.0 Å². The molecule has 14 heavy (non-hydrogen) atoms. The van der Waals surface area contributed by atoms with Gasteiger partial charge in [-0.15, -0.1) is 0 Å². The Kier molecular flexibility index (Phi) is 2.07. The van der Waals surface area contributed by atoms with Crippen LogP contribution in [-0.4, -0.2) is 17.7 Å². The van der Waals surface area contributed by atoms with Gasteiger partial charge in [-0.2, -0.15) is 0 Å². The minimum Gasteiger partial charge on any atom is -0.492 e. The molecule has 0 amide bonds. The van der Waals surface area contributed by atoms with Gasteiger partial charge in [0.15, 0.2) is 5.82 Å². The Bertz CT molecular complexity index is 417. The van der Waals surface area contributed by atoms with Crippen molar-refractivity contribution in [1.29, 1.82) is 0 Å². The highest BCUT2D eigenvalue weighted by atomic mass is 35.5. The number of hydrogen-bond acceptors (Lipinski definition) is 2. The second-order valence-electron chi connectivity index (χ2n) is 2.94. The highest BCUT2D eigenvalue weighted by Crippen LogP contribution is 2.35. The molecule has 1 aliphatic rings. The quantitative estimate of drug-likeness (QED) is 0.782. The Morgan fingerprint density at radius 3 is 3.00 bits per heavy atom. The Labute approximate surface area is 84.1 Å². The fraction of sp³-hybridized carbons (Fsp3) is 0.222. The molecule has 5 heteroatoms. The largest absolute Gasteiger partial charge is 0.492 e. The molecule has 0 radical (unpaired) electrons. The average Bonchev–Trinajstić information content (AvgIpc) is 2.52.